The van der Waals surface area contributed by atoms with Gasteiger partial charge in [-0.05, 0) is 35.8 Å². The van der Waals surface area contributed by atoms with Gasteiger partial charge in [0.1, 0.15) is 0 Å². The summed E-state index contributed by atoms with van der Waals surface area (Å²) in [6.07, 6.45) is 2.39. The monoisotopic (exact) mass is 254 g/mol. The Hall–Kier alpha value is -0.140. The van der Waals surface area contributed by atoms with E-state index in [4.69, 9.17) is 11.6 Å². The van der Waals surface area contributed by atoms with Crippen molar-refractivity contribution in [3.05, 3.63) is 29.8 Å². The predicted octanol–water partition coefficient (Wildman–Crippen LogP) is 4.92. The van der Waals surface area contributed by atoms with Crippen LogP contribution >= 0.6 is 23.4 Å². The molecule has 0 amide bonds. The summed E-state index contributed by atoms with van der Waals surface area (Å²) < 4.78 is 0. The minimum atomic E-state index is 0.296. The van der Waals surface area contributed by atoms with Crippen molar-refractivity contribution < 1.29 is 0 Å². The number of rotatable bonds is 4. The summed E-state index contributed by atoms with van der Waals surface area (Å²) in [6.45, 7) is 4.56. The third-order valence-electron chi connectivity index (χ3n) is 3.71. The predicted molar refractivity (Wildman–Crippen MR) is 73.6 cm³/mol. The fraction of sp³-hybridized carbons (Fsp3) is 0.571. The van der Waals surface area contributed by atoms with E-state index in [1.807, 2.05) is 11.8 Å². The highest BCUT2D eigenvalue weighted by molar-refractivity contribution is 7.99. The molecule has 0 fully saturated rings. The summed E-state index contributed by atoms with van der Waals surface area (Å²) in [5, 5.41) is 0. The van der Waals surface area contributed by atoms with Crippen LogP contribution in [0.1, 0.15) is 38.2 Å². The lowest BCUT2D eigenvalue weighted by Gasteiger charge is -2.28. The smallest absolute Gasteiger partial charge is 0.0277 e. The molecule has 1 aliphatic rings. The van der Waals surface area contributed by atoms with Gasteiger partial charge in [0, 0.05) is 16.5 Å². The van der Waals surface area contributed by atoms with Crippen LogP contribution in [0.15, 0.2) is 29.2 Å². The molecule has 0 saturated heterocycles. The highest BCUT2D eigenvalue weighted by Crippen LogP contribution is 2.45. The van der Waals surface area contributed by atoms with Crippen LogP contribution in [0.4, 0.5) is 0 Å². The quantitative estimate of drug-likeness (QED) is 0.687. The Balaban J connectivity index is 2.14. The maximum Gasteiger partial charge on any atom is 0.0277 e. The SMILES string of the molecule is CCC(C)(CCl)CC1CSc2ccccc21. The van der Waals surface area contributed by atoms with Crippen molar-refractivity contribution >= 4 is 23.4 Å². The molecule has 0 aromatic heterocycles. The minimum Gasteiger partial charge on any atom is -0.126 e. The standard InChI is InChI=1S/C14H19ClS/c1-3-14(2,10-15)8-11-9-16-13-7-5-4-6-12(11)13/h4-7,11H,3,8-10H2,1-2H3. The first-order chi connectivity index (χ1) is 7.68. The normalized spacial score (nSPS) is 22.8. The number of hydrogen-bond acceptors (Lipinski definition) is 1. The van der Waals surface area contributed by atoms with E-state index >= 15 is 0 Å². The maximum atomic E-state index is 6.11. The van der Waals surface area contributed by atoms with Gasteiger partial charge >= 0.3 is 0 Å². The highest BCUT2D eigenvalue weighted by atomic mass is 35.5. The van der Waals surface area contributed by atoms with Gasteiger partial charge in [-0.2, -0.15) is 0 Å². The van der Waals surface area contributed by atoms with Gasteiger partial charge in [-0.3, -0.25) is 0 Å². The Morgan fingerprint density at radius 1 is 1.44 bits per heavy atom. The fourth-order valence-corrected chi connectivity index (χ4v) is 3.84. The molecule has 1 heterocycles. The first-order valence-corrected chi connectivity index (χ1v) is 7.48. The zero-order chi connectivity index (χ0) is 11.6. The molecule has 1 aromatic carbocycles. The molecule has 2 heteroatoms. The van der Waals surface area contributed by atoms with Gasteiger partial charge in [0.05, 0.1) is 0 Å². The summed E-state index contributed by atoms with van der Waals surface area (Å²) in [6, 6.07) is 8.81. The molecule has 2 atom stereocenters. The van der Waals surface area contributed by atoms with E-state index in [-0.39, 0.29) is 0 Å². The Morgan fingerprint density at radius 3 is 2.88 bits per heavy atom. The van der Waals surface area contributed by atoms with Crippen LogP contribution < -0.4 is 0 Å². The lowest BCUT2D eigenvalue weighted by atomic mass is 9.79. The van der Waals surface area contributed by atoms with Crippen LogP contribution in [-0.2, 0) is 0 Å². The van der Waals surface area contributed by atoms with Crippen molar-refractivity contribution in [1.82, 2.24) is 0 Å². The van der Waals surface area contributed by atoms with Gasteiger partial charge in [-0.25, -0.2) is 0 Å². The summed E-state index contributed by atoms with van der Waals surface area (Å²) >= 11 is 8.10. The average molecular weight is 255 g/mol. The largest absolute Gasteiger partial charge is 0.126 e. The Bertz CT molecular complexity index is 358. The van der Waals surface area contributed by atoms with Crippen molar-refractivity contribution in [3.63, 3.8) is 0 Å². The van der Waals surface area contributed by atoms with E-state index in [0.29, 0.717) is 11.3 Å². The molecule has 0 spiro atoms. The fourth-order valence-electron chi connectivity index (χ4n) is 2.29. The molecule has 0 saturated carbocycles. The molecule has 0 bridgehead atoms. The molecule has 0 aliphatic carbocycles. The maximum absolute atomic E-state index is 6.11. The van der Waals surface area contributed by atoms with Gasteiger partial charge in [0.25, 0.3) is 0 Å². The van der Waals surface area contributed by atoms with Gasteiger partial charge < -0.3 is 0 Å². The first kappa shape index (κ1) is 12.3. The number of fused-ring (bicyclic) bond motifs is 1. The van der Waals surface area contributed by atoms with Gasteiger partial charge in [0.2, 0.25) is 0 Å². The molecule has 0 nitrogen and oxygen atoms in total. The third-order valence-corrected chi connectivity index (χ3v) is 5.61. The van der Waals surface area contributed by atoms with Crippen LogP contribution in [0.3, 0.4) is 0 Å². The second-order valence-corrected chi connectivity index (χ2v) is 6.38. The third kappa shape index (κ3) is 2.41. The van der Waals surface area contributed by atoms with Crippen LogP contribution in [-0.4, -0.2) is 11.6 Å². The summed E-state index contributed by atoms with van der Waals surface area (Å²) in [5.41, 5.74) is 1.84. The van der Waals surface area contributed by atoms with Crippen LogP contribution in [0.2, 0.25) is 0 Å². The summed E-state index contributed by atoms with van der Waals surface area (Å²) in [7, 11) is 0. The topological polar surface area (TPSA) is 0 Å². The average Bonchev–Trinajstić information content (AvgIpc) is 2.73. The molecule has 88 valence electrons. The molecule has 1 aliphatic heterocycles. The second-order valence-electron chi connectivity index (χ2n) is 5.05. The Morgan fingerprint density at radius 2 is 2.19 bits per heavy atom. The minimum absolute atomic E-state index is 0.296. The summed E-state index contributed by atoms with van der Waals surface area (Å²) in [4.78, 5) is 1.47. The second kappa shape index (κ2) is 5.01. The van der Waals surface area contributed by atoms with E-state index in [1.54, 1.807) is 0 Å². The van der Waals surface area contributed by atoms with Crippen molar-refractivity contribution in [3.8, 4) is 0 Å². The van der Waals surface area contributed by atoms with Crippen LogP contribution in [0.25, 0.3) is 0 Å². The lowest BCUT2D eigenvalue weighted by Crippen LogP contribution is -2.21. The summed E-state index contributed by atoms with van der Waals surface area (Å²) in [5.74, 6) is 2.70. The number of thioether (sulfide) groups is 1. The molecular formula is C14H19ClS. The van der Waals surface area contributed by atoms with E-state index < -0.39 is 0 Å². The van der Waals surface area contributed by atoms with Crippen LogP contribution in [0.5, 0.6) is 0 Å². The number of alkyl halides is 1. The molecule has 2 unspecified atom stereocenters. The van der Waals surface area contributed by atoms with E-state index in [1.165, 1.54) is 29.1 Å². The van der Waals surface area contributed by atoms with Crippen molar-refractivity contribution in [2.45, 2.75) is 37.5 Å². The van der Waals surface area contributed by atoms with Crippen molar-refractivity contribution in [2.24, 2.45) is 5.41 Å². The Kier molecular flexibility index (Phi) is 3.86. The molecule has 1 aromatic rings. The zero-order valence-corrected chi connectivity index (χ0v) is 11.6. The number of hydrogen-bond donors (Lipinski definition) is 0. The van der Waals surface area contributed by atoms with E-state index in [2.05, 4.69) is 38.1 Å². The highest BCUT2D eigenvalue weighted by Gasteiger charge is 2.30. The van der Waals surface area contributed by atoms with Crippen molar-refractivity contribution in [1.29, 1.82) is 0 Å². The number of benzene rings is 1. The van der Waals surface area contributed by atoms with Gasteiger partial charge in [0.15, 0.2) is 0 Å². The molecular weight excluding hydrogens is 236 g/mol. The zero-order valence-electron chi connectivity index (χ0n) is 10.0. The van der Waals surface area contributed by atoms with Gasteiger partial charge in [-0.1, -0.05) is 32.0 Å². The Labute approximate surface area is 108 Å². The molecule has 2 rings (SSSR count). The van der Waals surface area contributed by atoms with Crippen molar-refractivity contribution in [2.75, 3.05) is 11.6 Å². The van der Waals surface area contributed by atoms with Gasteiger partial charge in [-0.15, -0.1) is 23.4 Å². The van der Waals surface area contributed by atoms with E-state index in [9.17, 15) is 0 Å². The molecule has 0 radical (unpaired) electrons. The lowest BCUT2D eigenvalue weighted by molar-refractivity contribution is 0.307. The van der Waals surface area contributed by atoms with E-state index in [0.717, 1.165) is 5.88 Å². The first-order valence-electron chi connectivity index (χ1n) is 5.96. The van der Waals surface area contributed by atoms with Crippen LogP contribution in [0, 0.1) is 5.41 Å². The molecule has 0 N–H and O–H groups in total. The number of halogens is 1. The molecule has 16 heavy (non-hydrogen) atoms.